The first-order valence-electron chi connectivity index (χ1n) is 9.57. The highest BCUT2D eigenvalue weighted by atomic mass is 16.2. The minimum absolute atomic E-state index is 0.132. The first-order chi connectivity index (χ1) is 13.1. The molecule has 0 heterocycles. The van der Waals surface area contributed by atoms with E-state index >= 15 is 0 Å². The summed E-state index contributed by atoms with van der Waals surface area (Å²) in [5.41, 5.74) is 2.77. The lowest BCUT2D eigenvalue weighted by Crippen LogP contribution is -2.35. The predicted octanol–water partition coefficient (Wildman–Crippen LogP) is 4.73. The van der Waals surface area contributed by atoms with E-state index in [2.05, 4.69) is 17.6 Å². The molecule has 0 spiro atoms. The van der Waals surface area contributed by atoms with Gasteiger partial charge in [-0.3, -0.25) is 4.79 Å². The number of carbonyl (C=O) groups excluding carboxylic acids is 2. The lowest BCUT2D eigenvalue weighted by Gasteiger charge is -2.23. The van der Waals surface area contributed by atoms with E-state index in [0.29, 0.717) is 25.9 Å². The number of benzene rings is 2. The van der Waals surface area contributed by atoms with E-state index in [1.54, 1.807) is 0 Å². The van der Waals surface area contributed by atoms with Crippen LogP contribution in [0.5, 0.6) is 0 Å². The van der Waals surface area contributed by atoms with Crippen molar-refractivity contribution in [3.05, 3.63) is 60.2 Å². The molecule has 0 aliphatic carbocycles. The molecule has 144 valence electrons. The van der Waals surface area contributed by atoms with Gasteiger partial charge in [-0.25, -0.2) is 4.79 Å². The molecule has 5 heteroatoms. The van der Waals surface area contributed by atoms with Crippen LogP contribution in [0.3, 0.4) is 0 Å². The van der Waals surface area contributed by atoms with E-state index in [1.807, 2.05) is 66.4 Å². The van der Waals surface area contributed by atoms with Gasteiger partial charge in [-0.2, -0.15) is 0 Å². The molecule has 0 unspecified atom stereocenters. The standard InChI is InChI=1S/C22H29N3O2/c1-3-4-14-21(26)25(20-12-6-5-7-13-20)16-9-15-23-22(27)24-19-11-8-10-18(2)17-19/h5-8,10-13,17H,3-4,9,14-16H2,1-2H3,(H2,23,24,27). The maximum atomic E-state index is 12.5. The van der Waals surface area contributed by atoms with Gasteiger partial charge >= 0.3 is 6.03 Å². The van der Waals surface area contributed by atoms with Crippen LogP contribution in [0.1, 0.15) is 38.2 Å². The maximum absolute atomic E-state index is 12.5. The lowest BCUT2D eigenvalue weighted by molar-refractivity contribution is -0.118. The summed E-state index contributed by atoms with van der Waals surface area (Å²) in [5, 5.41) is 5.67. The van der Waals surface area contributed by atoms with Crippen molar-refractivity contribution in [1.82, 2.24) is 5.32 Å². The number of amides is 3. The summed E-state index contributed by atoms with van der Waals surface area (Å²) in [7, 11) is 0. The topological polar surface area (TPSA) is 61.4 Å². The maximum Gasteiger partial charge on any atom is 0.319 e. The Morgan fingerprint density at radius 2 is 1.78 bits per heavy atom. The van der Waals surface area contributed by atoms with E-state index in [0.717, 1.165) is 29.8 Å². The van der Waals surface area contributed by atoms with Crippen molar-refractivity contribution in [2.75, 3.05) is 23.3 Å². The Labute approximate surface area is 161 Å². The van der Waals surface area contributed by atoms with E-state index in [1.165, 1.54) is 0 Å². The van der Waals surface area contributed by atoms with Crippen LogP contribution in [-0.2, 0) is 4.79 Å². The zero-order valence-corrected chi connectivity index (χ0v) is 16.2. The van der Waals surface area contributed by atoms with E-state index in [9.17, 15) is 9.59 Å². The molecule has 5 nitrogen and oxygen atoms in total. The number of para-hydroxylation sites is 1. The molecule has 2 aromatic rings. The van der Waals surface area contributed by atoms with Crippen LogP contribution in [0.2, 0.25) is 0 Å². The molecule has 2 rings (SSSR count). The molecule has 3 amide bonds. The van der Waals surface area contributed by atoms with Gasteiger partial charge in [-0.1, -0.05) is 43.7 Å². The van der Waals surface area contributed by atoms with Gasteiger partial charge in [0, 0.05) is 30.9 Å². The fraction of sp³-hybridized carbons (Fsp3) is 0.364. The van der Waals surface area contributed by atoms with Crippen molar-refractivity contribution in [3.63, 3.8) is 0 Å². The normalized spacial score (nSPS) is 10.3. The second-order valence-electron chi connectivity index (χ2n) is 6.59. The Bertz CT molecular complexity index is 731. The fourth-order valence-corrected chi connectivity index (χ4v) is 2.81. The van der Waals surface area contributed by atoms with Crippen molar-refractivity contribution in [2.24, 2.45) is 0 Å². The fourth-order valence-electron chi connectivity index (χ4n) is 2.81. The largest absolute Gasteiger partial charge is 0.338 e. The number of aryl methyl sites for hydroxylation is 1. The first kappa shape index (κ1) is 20.5. The molecule has 2 aromatic carbocycles. The van der Waals surface area contributed by atoms with Gasteiger partial charge in [0.15, 0.2) is 0 Å². The van der Waals surface area contributed by atoms with Gasteiger partial charge in [-0.15, -0.1) is 0 Å². The van der Waals surface area contributed by atoms with Gasteiger partial charge in [0.2, 0.25) is 5.91 Å². The van der Waals surface area contributed by atoms with Crippen molar-refractivity contribution < 1.29 is 9.59 Å². The van der Waals surface area contributed by atoms with Crippen LogP contribution in [0.4, 0.5) is 16.2 Å². The molecule has 0 radical (unpaired) electrons. The van der Waals surface area contributed by atoms with Crippen molar-refractivity contribution in [1.29, 1.82) is 0 Å². The Kier molecular flexibility index (Phi) is 8.36. The number of unbranched alkanes of at least 4 members (excludes halogenated alkanes) is 1. The zero-order valence-electron chi connectivity index (χ0n) is 16.2. The predicted molar refractivity (Wildman–Crippen MR) is 111 cm³/mol. The number of nitrogens with zero attached hydrogens (tertiary/aromatic N) is 1. The van der Waals surface area contributed by atoms with Crippen LogP contribution >= 0.6 is 0 Å². The molecule has 0 saturated heterocycles. The van der Waals surface area contributed by atoms with Crippen LogP contribution in [0.25, 0.3) is 0 Å². The minimum atomic E-state index is -0.232. The number of rotatable bonds is 9. The Hall–Kier alpha value is -2.82. The van der Waals surface area contributed by atoms with Crippen molar-refractivity contribution in [3.8, 4) is 0 Å². The molecule has 0 aliphatic rings. The second kappa shape index (κ2) is 11.0. The number of nitrogens with one attached hydrogen (secondary N) is 2. The molecule has 2 N–H and O–H groups in total. The third kappa shape index (κ3) is 7.13. The van der Waals surface area contributed by atoms with E-state index in [-0.39, 0.29) is 11.9 Å². The molecule has 0 aliphatic heterocycles. The summed E-state index contributed by atoms with van der Waals surface area (Å²) in [6.45, 7) is 5.15. The van der Waals surface area contributed by atoms with Gasteiger partial charge in [0.1, 0.15) is 0 Å². The Balaban J connectivity index is 1.82. The molecule has 0 atom stereocenters. The molecule has 0 bridgehead atoms. The minimum Gasteiger partial charge on any atom is -0.338 e. The van der Waals surface area contributed by atoms with Gasteiger partial charge in [-0.05, 0) is 49.6 Å². The smallest absolute Gasteiger partial charge is 0.319 e. The second-order valence-corrected chi connectivity index (χ2v) is 6.59. The highest BCUT2D eigenvalue weighted by molar-refractivity contribution is 5.93. The quantitative estimate of drug-likeness (QED) is 0.629. The summed E-state index contributed by atoms with van der Waals surface area (Å²) in [5.74, 6) is 0.132. The first-order valence-corrected chi connectivity index (χ1v) is 9.57. The van der Waals surface area contributed by atoms with Gasteiger partial charge < -0.3 is 15.5 Å². The summed E-state index contributed by atoms with van der Waals surface area (Å²) >= 11 is 0. The monoisotopic (exact) mass is 367 g/mol. The highest BCUT2D eigenvalue weighted by Crippen LogP contribution is 2.16. The van der Waals surface area contributed by atoms with Gasteiger partial charge in [0.25, 0.3) is 0 Å². The zero-order chi connectivity index (χ0) is 19.5. The number of carbonyl (C=O) groups is 2. The van der Waals surface area contributed by atoms with Crippen LogP contribution in [-0.4, -0.2) is 25.0 Å². The summed E-state index contributed by atoms with van der Waals surface area (Å²) < 4.78 is 0. The molecule has 0 aromatic heterocycles. The molecule has 0 fully saturated rings. The molecular weight excluding hydrogens is 338 g/mol. The SMILES string of the molecule is CCCCC(=O)N(CCCNC(=O)Nc1cccc(C)c1)c1ccccc1. The summed E-state index contributed by atoms with van der Waals surface area (Å²) in [6, 6.07) is 17.1. The average molecular weight is 367 g/mol. The van der Waals surface area contributed by atoms with Gasteiger partial charge in [0.05, 0.1) is 0 Å². The van der Waals surface area contributed by atoms with Crippen LogP contribution in [0.15, 0.2) is 54.6 Å². The molecule has 27 heavy (non-hydrogen) atoms. The van der Waals surface area contributed by atoms with E-state index in [4.69, 9.17) is 0 Å². The highest BCUT2D eigenvalue weighted by Gasteiger charge is 2.14. The number of hydrogen-bond donors (Lipinski definition) is 2. The third-order valence-electron chi connectivity index (χ3n) is 4.23. The average Bonchev–Trinajstić information content (AvgIpc) is 2.67. The third-order valence-corrected chi connectivity index (χ3v) is 4.23. The van der Waals surface area contributed by atoms with Crippen LogP contribution < -0.4 is 15.5 Å². The molecule has 0 saturated carbocycles. The van der Waals surface area contributed by atoms with Crippen LogP contribution in [0, 0.1) is 6.92 Å². The summed E-state index contributed by atoms with van der Waals surface area (Å²) in [4.78, 5) is 26.4. The Morgan fingerprint density at radius 3 is 2.48 bits per heavy atom. The lowest BCUT2D eigenvalue weighted by atomic mass is 10.2. The number of urea groups is 1. The number of hydrogen-bond acceptors (Lipinski definition) is 2. The van der Waals surface area contributed by atoms with E-state index < -0.39 is 0 Å². The molecular formula is C22H29N3O2. The number of anilines is 2. The Morgan fingerprint density at radius 1 is 1.00 bits per heavy atom. The van der Waals surface area contributed by atoms with Crippen molar-refractivity contribution >= 4 is 23.3 Å². The summed E-state index contributed by atoms with van der Waals surface area (Å²) in [6.07, 6.45) is 3.12. The van der Waals surface area contributed by atoms with Crippen molar-refractivity contribution in [2.45, 2.75) is 39.5 Å².